The molecule has 2 N–H and O–H groups in total. The van der Waals surface area contributed by atoms with E-state index < -0.39 is 5.97 Å². The summed E-state index contributed by atoms with van der Waals surface area (Å²) in [7, 11) is 0. The largest absolute Gasteiger partial charge is 0.481 e. The minimum absolute atomic E-state index is 0.0261. The van der Waals surface area contributed by atoms with Gasteiger partial charge in [0.25, 0.3) is 0 Å². The summed E-state index contributed by atoms with van der Waals surface area (Å²) in [6.45, 7) is 8.84. The van der Waals surface area contributed by atoms with Crippen molar-refractivity contribution in [2.45, 2.75) is 59.3 Å². The molecule has 0 aliphatic carbocycles. The van der Waals surface area contributed by atoms with Crippen LogP contribution in [-0.4, -0.2) is 41.6 Å². The van der Waals surface area contributed by atoms with Crippen molar-refractivity contribution in [3.63, 3.8) is 0 Å². The van der Waals surface area contributed by atoms with Gasteiger partial charge in [-0.3, -0.25) is 4.79 Å². The second-order valence-electron chi connectivity index (χ2n) is 7.06. The van der Waals surface area contributed by atoms with E-state index in [1.165, 1.54) is 6.42 Å². The van der Waals surface area contributed by atoms with E-state index in [0.29, 0.717) is 24.3 Å². The number of rotatable bonds is 6. The molecule has 0 aromatic carbocycles. The van der Waals surface area contributed by atoms with Gasteiger partial charge in [-0.25, -0.2) is 4.79 Å². The highest BCUT2D eigenvalue weighted by atomic mass is 16.4. The van der Waals surface area contributed by atoms with Crippen molar-refractivity contribution in [2.75, 3.05) is 19.6 Å². The molecule has 1 saturated heterocycles. The van der Waals surface area contributed by atoms with E-state index in [2.05, 4.69) is 19.2 Å². The van der Waals surface area contributed by atoms with Crippen molar-refractivity contribution < 1.29 is 14.7 Å². The number of hydrogen-bond donors (Lipinski definition) is 2. The van der Waals surface area contributed by atoms with Crippen LogP contribution in [-0.2, 0) is 4.79 Å². The molecule has 21 heavy (non-hydrogen) atoms. The van der Waals surface area contributed by atoms with Crippen LogP contribution in [0, 0.1) is 11.3 Å². The van der Waals surface area contributed by atoms with Gasteiger partial charge in [0.05, 0.1) is 0 Å². The molecule has 0 aromatic rings. The monoisotopic (exact) mass is 298 g/mol. The summed E-state index contributed by atoms with van der Waals surface area (Å²) < 4.78 is 0. The zero-order valence-corrected chi connectivity index (χ0v) is 13.7. The van der Waals surface area contributed by atoms with Gasteiger partial charge >= 0.3 is 12.0 Å². The van der Waals surface area contributed by atoms with Crippen molar-refractivity contribution in [3.8, 4) is 0 Å². The summed E-state index contributed by atoms with van der Waals surface area (Å²) in [6.07, 6.45) is 4.99. The Hall–Kier alpha value is -1.26. The van der Waals surface area contributed by atoms with Crippen LogP contribution >= 0.6 is 0 Å². The molecule has 5 nitrogen and oxygen atoms in total. The number of nitrogens with one attached hydrogen (secondary N) is 1. The lowest BCUT2D eigenvalue weighted by atomic mass is 9.85. The number of carboxylic acid groups (broad SMARTS) is 1. The lowest BCUT2D eigenvalue weighted by Crippen LogP contribution is -2.41. The Kier molecular flexibility index (Phi) is 6.99. The Morgan fingerprint density at radius 2 is 1.95 bits per heavy atom. The Balaban J connectivity index is 2.22. The molecular formula is C16H30N2O3. The van der Waals surface area contributed by atoms with E-state index in [1.54, 1.807) is 0 Å². The van der Waals surface area contributed by atoms with E-state index in [-0.39, 0.29) is 12.5 Å². The first-order chi connectivity index (χ1) is 9.80. The molecule has 1 unspecified atom stereocenters. The molecule has 0 spiro atoms. The molecule has 5 heteroatoms. The fraction of sp³-hybridized carbons (Fsp3) is 0.875. The first-order valence-corrected chi connectivity index (χ1v) is 8.05. The van der Waals surface area contributed by atoms with Crippen molar-refractivity contribution >= 4 is 12.0 Å². The molecule has 2 amide bonds. The highest BCUT2D eigenvalue weighted by Gasteiger charge is 2.25. The molecule has 1 rings (SSSR count). The van der Waals surface area contributed by atoms with E-state index in [0.717, 1.165) is 32.4 Å². The van der Waals surface area contributed by atoms with Crippen LogP contribution in [0.5, 0.6) is 0 Å². The molecule has 0 radical (unpaired) electrons. The number of likely N-dealkylation sites (tertiary alicyclic amines) is 1. The first kappa shape index (κ1) is 17.8. The molecule has 0 saturated carbocycles. The van der Waals surface area contributed by atoms with Crippen molar-refractivity contribution in [1.29, 1.82) is 0 Å². The lowest BCUT2D eigenvalue weighted by molar-refractivity contribution is -0.137. The second-order valence-corrected chi connectivity index (χ2v) is 7.06. The molecule has 0 bridgehead atoms. The average molecular weight is 298 g/mol. The van der Waals surface area contributed by atoms with Gasteiger partial charge in [-0.2, -0.15) is 0 Å². The topological polar surface area (TPSA) is 69.6 Å². The third kappa shape index (κ3) is 7.34. The number of hydrogen-bond acceptors (Lipinski definition) is 2. The van der Waals surface area contributed by atoms with Gasteiger partial charge in [-0.05, 0) is 43.4 Å². The third-order valence-corrected chi connectivity index (χ3v) is 4.39. The Morgan fingerprint density at radius 3 is 2.62 bits per heavy atom. The molecule has 1 aliphatic heterocycles. The number of nitrogens with zero attached hydrogens (tertiary/aromatic N) is 1. The molecule has 122 valence electrons. The van der Waals surface area contributed by atoms with Crippen LogP contribution in [0.25, 0.3) is 0 Å². The molecule has 0 aromatic heterocycles. The Labute approximate surface area is 128 Å². The highest BCUT2D eigenvalue weighted by molar-refractivity contribution is 5.74. The van der Waals surface area contributed by atoms with E-state index in [9.17, 15) is 9.59 Å². The van der Waals surface area contributed by atoms with Gasteiger partial charge in [0.1, 0.15) is 0 Å². The predicted octanol–water partition coefficient (Wildman–Crippen LogP) is 3.10. The number of carboxylic acids is 1. The normalized spacial score (nSPS) is 19.7. The van der Waals surface area contributed by atoms with Gasteiger partial charge in [-0.15, -0.1) is 0 Å². The van der Waals surface area contributed by atoms with Crippen LogP contribution in [0.2, 0.25) is 0 Å². The maximum Gasteiger partial charge on any atom is 0.317 e. The smallest absolute Gasteiger partial charge is 0.317 e. The summed E-state index contributed by atoms with van der Waals surface area (Å²) in [4.78, 5) is 24.5. The number of amides is 2. The molecule has 1 heterocycles. The predicted molar refractivity (Wildman–Crippen MR) is 83.3 cm³/mol. The molecule has 1 atom stereocenters. The fourth-order valence-electron chi connectivity index (χ4n) is 2.68. The Morgan fingerprint density at radius 1 is 1.24 bits per heavy atom. The van der Waals surface area contributed by atoms with E-state index in [1.807, 2.05) is 11.8 Å². The highest BCUT2D eigenvalue weighted by Crippen LogP contribution is 2.29. The van der Waals surface area contributed by atoms with Crippen molar-refractivity contribution in [3.05, 3.63) is 0 Å². The zero-order valence-electron chi connectivity index (χ0n) is 13.7. The summed E-state index contributed by atoms with van der Waals surface area (Å²) >= 11 is 0. The second kappa shape index (κ2) is 8.25. The molecule has 1 fully saturated rings. The standard InChI is InChI=1S/C16H30N2O3/c1-13(5-6-14(19)20)7-10-17-15(21)18-11-4-8-16(2,3)9-12-18/h13H,4-12H2,1-3H3,(H,17,21)(H,19,20). The number of aliphatic carboxylic acids is 1. The lowest BCUT2D eigenvalue weighted by Gasteiger charge is -2.24. The van der Waals surface area contributed by atoms with Gasteiger partial charge in [0, 0.05) is 26.1 Å². The van der Waals surface area contributed by atoms with Gasteiger partial charge in [0.15, 0.2) is 0 Å². The van der Waals surface area contributed by atoms with E-state index >= 15 is 0 Å². The van der Waals surface area contributed by atoms with Gasteiger partial charge in [-0.1, -0.05) is 20.8 Å². The number of urea groups is 1. The average Bonchev–Trinajstić information content (AvgIpc) is 2.57. The van der Waals surface area contributed by atoms with Crippen LogP contribution in [0.1, 0.15) is 59.3 Å². The van der Waals surface area contributed by atoms with E-state index in [4.69, 9.17) is 5.11 Å². The zero-order chi connectivity index (χ0) is 15.9. The van der Waals surface area contributed by atoms with Crippen LogP contribution in [0.3, 0.4) is 0 Å². The minimum atomic E-state index is -0.752. The molecule has 1 aliphatic rings. The maximum absolute atomic E-state index is 12.1. The first-order valence-electron chi connectivity index (χ1n) is 8.05. The summed E-state index contributed by atoms with van der Waals surface area (Å²) in [5, 5.41) is 11.6. The summed E-state index contributed by atoms with van der Waals surface area (Å²) in [5.74, 6) is -0.428. The van der Waals surface area contributed by atoms with Crippen LogP contribution < -0.4 is 5.32 Å². The minimum Gasteiger partial charge on any atom is -0.481 e. The Bertz CT molecular complexity index is 355. The van der Waals surface area contributed by atoms with Crippen molar-refractivity contribution in [1.82, 2.24) is 10.2 Å². The summed E-state index contributed by atoms with van der Waals surface area (Å²) in [6, 6.07) is 0.0261. The SMILES string of the molecule is CC(CCNC(=O)N1CCCC(C)(C)CC1)CCC(=O)O. The third-order valence-electron chi connectivity index (χ3n) is 4.39. The van der Waals surface area contributed by atoms with Gasteiger partial charge in [0.2, 0.25) is 0 Å². The fourth-order valence-corrected chi connectivity index (χ4v) is 2.68. The van der Waals surface area contributed by atoms with Crippen molar-refractivity contribution in [2.24, 2.45) is 11.3 Å². The quantitative estimate of drug-likeness (QED) is 0.791. The van der Waals surface area contributed by atoms with Gasteiger partial charge < -0.3 is 15.3 Å². The van der Waals surface area contributed by atoms with Crippen LogP contribution in [0.4, 0.5) is 4.79 Å². The van der Waals surface area contributed by atoms with Crippen LogP contribution in [0.15, 0.2) is 0 Å². The number of carbonyl (C=O) groups excluding carboxylic acids is 1. The summed E-state index contributed by atoms with van der Waals surface area (Å²) in [5.41, 5.74) is 0.334. The maximum atomic E-state index is 12.1. The number of carbonyl (C=O) groups is 2. The molecular weight excluding hydrogens is 268 g/mol.